The molecule has 284 valence electrons. The van der Waals surface area contributed by atoms with Crippen LogP contribution in [0, 0.1) is 29.3 Å². The molecule has 1 saturated carbocycles. The Hall–Kier alpha value is -4.44. The second kappa shape index (κ2) is 14.8. The van der Waals surface area contributed by atoms with Crippen LogP contribution in [0.1, 0.15) is 42.9 Å². The molecule has 0 spiro atoms. The summed E-state index contributed by atoms with van der Waals surface area (Å²) in [5, 5.41) is 0. The van der Waals surface area contributed by atoms with Gasteiger partial charge < -0.3 is 9.64 Å². The minimum Gasteiger partial charge on any atom is -0.349 e. The zero-order valence-corrected chi connectivity index (χ0v) is 28.8. The van der Waals surface area contributed by atoms with Crippen LogP contribution in [-0.2, 0) is 36.3 Å². The fourth-order valence-corrected chi connectivity index (χ4v) is 9.14. The van der Waals surface area contributed by atoms with E-state index in [1.165, 1.54) is 6.20 Å². The van der Waals surface area contributed by atoms with Gasteiger partial charge in [0.25, 0.3) is 5.60 Å². The van der Waals surface area contributed by atoms with Crippen molar-refractivity contribution in [3.63, 3.8) is 0 Å². The number of carbonyl (C=O) groups excluding carboxylic acids is 1. The Morgan fingerprint density at radius 3 is 2.06 bits per heavy atom. The Balaban J connectivity index is 1.51. The summed E-state index contributed by atoms with van der Waals surface area (Å²) >= 11 is 0. The molecule has 1 unspecified atom stereocenters. The topological polar surface area (TPSA) is 76.0 Å². The number of carbonyl (C=O) groups is 1. The van der Waals surface area contributed by atoms with Crippen LogP contribution < -0.4 is 0 Å². The van der Waals surface area contributed by atoms with Crippen LogP contribution >= 0.6 is 0 Å². The van der Waals surface area contributed by atoms with Crippen LogP contribution in [0.15, 0.2) is 101 Å². The molecule has 3 aromatic rings. The van der Waals surface area contributed by atoms with Crippen LogP contribution in [0.5, 0.6) is 0 Å². The second-order valence-corrected chi connectivity index (χ2v) is 15.2. The molecule has 0 bridgehead atoms. The molecule has 2 fully saturated rings. The van der Waals surface area contributed by atoms with Crippen molar-refractivity contribution in [1.29, 1.82) is 0 Å². The quantitative estimate of drug-likeness (QED) is 0.111. The number of nitrogens with zero attached hydrogens (tertiary/aromatic N) is 2. The summed E-state index contributed by atoms with van der Waals surface area (Å²) in [5.41, 5.74) is -7.08. The number of amides is 1. The fraction of sp³-hybridized carbons (Fsp3) is 0.351. The molecule has 1 aliphatic heterocycles. The number of alkyl halides is 6. The lowest BCUT2D eigenvalue weighted by molar-refractivity contribution is -0.392. The summed E-state index contributed by atoms with van der Waals surface area (Å²) in [6, 6.07) is 8.15. The molecule has 2 aliphatic rings. The van der Waals surface area contributed by atoms with Gasteiger partial charge in [0, 0.05) is 42.5 Å². The van der Waals surface area contributed by atoms with Gasteiger partial charge in [-0.3, -0.25) is 9.79 Å². The number of ether oxygens (including phenoxy) is 1. The molecule has 1 amide bonds. The van der Waals surface area contributed by atoms with Crippen molar-refractivity contribution in [2.45, 2.75) is 60.4 Å². The molecule has 53 heavy (non-hydrogen) atoms. The standard InChI is InChI=1S/C37H33F9N2O4S/c1-3-47-17-15-23(2)24-16-18-48(21-24)33(49)25-19-34(20-25,53(50,51)29-13-11-28(38)12-14-29)26-7-9-27(10-8-26)35(36(41,42)43,37(44,45)46)52-22-30-31(39)5-4-6-32(30)40/h3-15,17,24-25H,1,16,18-22H2,2H3. The lowest BCUT2D eigenvalue weighted by Gasteiger charge is -2.47. The molecule has 0 aromatic heterocycles. The van der Waals surface area contributed by atoms with E-state index in [1.54, 1.807) is 17.2 Å². The number of aliphatic imine (C=N–C) groups is 1. The Morgan fingerprint density at radius 2 is 1.51 bits per heavy atom. The smallest absolute Gasteiger partial charge is 0.349 e. The summed E-state index contributed by atoms with van der Waals surface area (Å²) in [4.78, 5) is 18.7. The first-order chi connectivity index (χ1) is 24.8. The van der Waals surface area contributed by atoms with E-state index in [2.05, 4.69) is 16.3 Å². The van der Waals surface area contributed by atoms with E-state index < -0.39 is 73.6 Å². The first kappa shape index (κ1) is 39.8. The highest BCUT2D eigenvalue weighted by molar-refractivity contribution is 7.92. The van der Waals surface area contributed by atoms with Crippen molar-refractivity contribution in [2.75, 3.05) is 13.1 Å². The molecule has 5 rings (SSSR count). The highest BCUT2D eigenvalue weighted by Gasteiger charge is 2.73. The highest BCUT2D eigenvalue weighted by atomic mass is 32.2. The molecule has 0 radical (unpaired) electrons. The van der Waals surface area contributed by atoms with Crippen molar-refractivity contribution in [2.24, 2.45) is 16.8 Å². The number of allylic oxidation sites excluding steroid dienone is 1. The Kier molecular flexibility index (Phi) is 11.1. The maximum atomic E-state index is 14.5. The maximum absolute atomic E-state index is 14.5. The zero-order chi connectivity index (χ0) is 39.0. The third kappa shape index (κ3) is 7.27. The van der Waals surface area contributed by atoms with Crippen LogP contribution in [-0.4, -0.2) is 50.9 Å². The molecule has 3 aromatic carbocycles. The molecule has 1 aliphatic carbocycles. The number of hydrogen-bond donors (Lipinski definition) is 0. The number of sulfone groups is 1. The first-order valence-corrected chi connectivity index (χ1v) is 17.7. The summed E-state index contributed by atoms with van der Waals surface area (Å²) < 4.78 is 160. The van der Waals surface area contributed by atoms with E-state index >= 15 is 0 Å². The summed E-state index contributed by atoms with van der Waals surface area (Å²) in [7, 11) is -4.55. The van der Waals surface area contributed by atoms with Gasteiger partial charge in [0.2, 0.25) is 5.91 Å². The average Bonchev–Trinajstić information content (AvgIpc) is 3.56. The van der Waals surface area contributed by atoms with Crippen molar-refractivity contribution < 1.29 is 57.5 Å². The largest absolute Gasteiger partial charge is 0.430 e. The zero-order valence-electron chi connectivity index (χ0n) is 28.0. The molecule has 6 nitrogen and oxygen atoms in total. The number of hydrogen-bond acceptors (Lipinski definition) is 5. The SMILES string of the molecule is C=CN=CC=C(C)C1CCN(C(=O)C2CC(c3ccc(C(OCc4c(F)cccc4F)(C(F)(F)F)C(F)(F)F)cc3)(S(=O)(=O)c3ccc(F)cc3)C2)C1. The molecular formula is C37H33F9N2O4S. The molecule has 16 heteroatoms. The van der Waals surface area contributed by atoms with E-state index in [0.717, 1.165) is 48.0 Å². The predicted molar refractivity (Wildman–Crippen MR) is 176 cm³/mol. The Bertz CT molecular complexity index is 1970. The van der Waals surface area contributed by atoms with Crippen molar-refractivity contribution in [3.05, 3.63) is 125 Å². The first-order valence-electron chi connectivity index (χ1n) is 16.2. The molecular weight excluding hydrogens is 739 g/mol. The predicted octanol–water partition coefficient (Wildman–Crippen LogP) is 8.73. The minimum atomic E-state index is -6.22. The van der Waals surface area contributed by atoms with E-state index in [0.29, 0.717) is 43.8 Å². The highest BCUT2D eigenvalue weighted by Crippen LogP contribution is 2.57. The van der Waals surface area contributed by atoms with E-state index in [9.17, 15) is 52.7 Å². The minimum absolute atomic E-state index is 0.00447. The van der Waals surface area contributed by atoms with Gasteiger partial charge in [-0.2, -0.15) is 26.3 Å². The summed E-state index contributed by atoms with van der Waals surface area (Å²) in [6.07, 6.45) is -7.88. The Labute approximate surface area is 299 Å². The van der Waals surface area contributed by atoms with Crippen LogP contribution in [0.4, 0.5) is 39.5 Å². The average molecular weight is 773 g/mol. The molecule has 1 heterocycles. The van der Waals surface area contributed by atoms with Gasteiger partial charge in [0.1, 0.15) is 22.2 Å². The van der Waals surface area contributed by atoms with E-state index in [1.807, 2.05) is 6.92 Å². The fourth-order valence-electron chi connectivity index (χ4n) is 6.90. The van der Waals surface area contributed by atoms with E-state index in [4.69, 9.17) is 0 Å². The van der Waals surface area contributed by atoms with Gasteiger partial charge in [-0.05, 0) is 80.1 Å². The van der Waals surface area contributed by atoms with Gasteiger partial charge in [0.05, 0.1) is 11.5 Å². The van der Waals surface area contributed by atoms with Crippen molar-refractivity contribution in [3.8, 4) is 0 Å². The van der Waals surface area contributed by atoms with Crippen LogP contribution in [0.3, 0.4) is 0 Å². The molecule has 1 atom stereocenters. The van der Waals surface area contributed by atoms with E-state index in [-0.39, 0.29) is 35.1 Å². The number of halogens is 9. The molecule has 1 saturated heterocycles. The van der Waals surface area contributed by atoms with Crippen LogP contribution in [0.25, 0.3) is 0 Å². The summed E-state index contributed by atoms with van der Waals surface area (Å²) in [5.74, 6) is -4.89. The maximum Gasteiger partial charge on any atom is 0.430 e. The third-order valence-electron chi connectivity index (χ3n) is 9.92. The van der Waals surface area contributed by atoms with Gasteiger partial charge in [-0.15, -0.1) is 0 Å². The van der Waals surface area contributed by atoms with Gasteiger partial charge in [-0.1, -0.05) is 42.5 Å². The van der Waals surface area contributed by atoms with Crippen molar-refractivity contribution in [1.82, 2.24) is 4.90 Å². The van der Waals surface area contributed by atoms with Crippen LogP contribution in [0.2, 0.25) is 0 Å². The van der Waals surface area contributed by atoms with Gasteiger partial charge in [0.15, 0.2) is 9.84 Å². The molecule has 0 N–H and O–H groups in total. The lowest BCUT2D eigenvalue weighted by Crippen LogP contribution is -2.56. The Morgan fingerprint density at radius 1 is 0.925 bits per heavy atom. The second-order valence-electron chi connectivity index (χ2n) is 13.0. The number of likely N-dealkylation sites (tertiary alicyclic amines) is 1. The lowest BCUT2D eigenvalue weighted by atomic mass is 9.69. The summed E-state index contributed by atoms with van der Waals surface area (Å²) in [6.45, 7) is 4.31. The normalized spacial score (nSPS) is 21.5. The third-order valence-corrected chi connectivity index (χ3v) is 12.4. The number of rotatable bonds is 11. The van der Waals surface area contributed by atoms with Gasteiger partial charge in [-0.25, -0.2) is 21.6 Å². The van der Waals surface area contributed by atoms with Crippen molar-refractivity contribution >= 4 is 22.0 Å². The number of benzene rings is 3. The van der Waals surface area contributed by atoms with Gasteiger partial charge >= 0.3 is 12.4 Å². The monoisotopic (exact) mass is 772 g/mol.